The maximum Gasteiger partial charge on any atom is 0.292 e. The summed E-state index contributed by atoms with van der Waals surface area (Å²) in [5.74, 6) is 0.665. The van der Waals surface area contributed by atoms with Gasteiger partial charge in [0.05, 0.1) is 31.0 Å². The number of nitrogens with one attached hydrogen (secondary N) is 1. The lowest BCUT2D eigenvalue weighted by molar-refractivity contribution is 0.0654. The predicted octanol–water partition coefficient (Wildman–Crippen LogP) is 1.84. The Hall–Kier alpha value is -3.62. The number of H-pyrrole nitrogens is 1. The van der Waals surface area contributed by atoms with E-state index in [1.54, 1.807) is 22.9 Å². The summed E-state index contributed by atoms with van der Waals surface area (Å²) in [6.45, 7) is 0.518. The van der Waals surface area contributed by atoms with Gasteiger partial charge in [-0.25, -0.2) is 14.5 Å². The number of methoxy groups -OCH3 is 1. The van der Waals surface area contributed by atoms with Crippen molar-refractivity contribution in [3.8, 4) is 5.75 Å². The summed E-state index contributed by atoms with van der Waals surface area (Å²) >= 11 is 0. The third-order valence-electron chi connectivity index (χ3n) is 4.81. The van der Waals surface area contributed by atoms with E-state index in [4.69, 9.17) is 9.15 Å². The summed E-state index contributed by atoms with van der Waals surface area (Å²) in [6, 6.07) is 5.23. The van der Waals surface area contributed by atoms with Crippen LogP contribution in [0.3, 0.4) is 0 Å². The lowest BCUT2D eigenvalue weighted by Gasteiger charge is -2.33. The molecule has 0 spiro atoms. The second-order valence-corrected chi connectivity index (χ2v) is 6.26. The summed E-state index contributed by atoms with van der Waals surface area (Å²) in [5.41, 5.74) is 3.33. The number of hydrogen-bond acceptors (Lipinski definition) is 6. The molecule has 0 bridgehead atoms. The number of imidazole rings is 1. The number of carbonyl (C=O) groups excluding carboxylic acids is 1. The van der Waals surface area contributed by atoms with E-state index in [1.165, 1.54) is 12.6 Å². The molecule has 1 unspecified atom stereocenters. The van der Waals surface area contributed by atoms with Crippen molar-refractivity contribution in [2.75, 3.05) is 13.7 Å². The quantitative estimate of drug-likeness (QED) is 0.595. The molecule has 1 aliphatic heterocycles. The van der Waals surface area contributed by atoms with Crippen LogP contribution in [-0.4, -0.2) is 49.0 Å². The number of hydrogen-bond donors (Lipinski definition) is 1. The van der Waals surface area contributed by atoms with Gasteiger partial charge in [0, 0.05) is 24.9 Å². The van der Waals surface area contributed by atoms with Crippen molar-refractivity contribution in [1.82, 2.24) is 29.5 Å². The van der Waals surface area contributed by atoms with Crippen molar-refractivity contribution in [3.05, 3.63) is 66.2 Å². The zero-order valence-corrected chi connectivity index (χ0v) is 14.5. The van der Waals surface area contributed by atoms with Gasteiger partial charge in [0.1, 0.15) is 17.3 Å². The van der Waals surface area contributed by atoms with Crippen molar-refractivity contribution < 1.29 is 13.9 Å². The summed E-state index contributed by atoms with van der Waals surface area (Å²) in [5, 5.41) is 4.68. The van der Waals surface area contributed by atoms with Gasteiger partial charge >= 0.3 is 0 Å². The van der Waals surface area contributed by atoms with E-state index in [9.17, 15) is 4.79 Å². The lowest BCUT2D eigenvalue weighted by atomic mass is 9.99. The summed E-state index contributed by atoms with van der Waals surface area (Å²) in [7, 11) is 1.62. The number of nitrogens with zero attached hydrogens (tertiary/aromatic N) is 5. The van der Waals surface area contributed by atoms with E-state index in [0.717, 1.165) is 16.9 Å². The SMILES string of the molecule is COc1cccn2nc(C3c4nc[nH]c4CCN3C(=O)c3cnco3)cc12. The fourth-order valence-corrected chi connectivity index (χ4v) is 3.57. The van der Waals surface area contributed by atoms with E-state index in [1.807, 2.05) is 24.4 Å². The number of oxazole rings is 1. The third kappa shape index (κ3) is 2.39. The Bertz CT molecular complexity index is 1110. The van der Waals surface area contributed by atoms with Crippen LogP contribution in [0.4, 0.5) is 0 Å². The van der Waals surface area contributed by atoms with Crippen LogP contribution in [0.15, 0.2) is 47.7 Å². The van der Waals surface area contributed by atoms with E-state index in [0.29, 0.717) is 24.4 Å². The van der Waals surface area contributed by atoms with Crippen molar-refractivity contribution in [1.29, 1.82) is 0 Å². The minimum absolute atomic E-state index is 0.195. The molecule has 5 rings (SSSR count). The Labute approximate surface area is 153 Å². The number of carbonyl (C=O) groups is 1. The number of ether oxygens (including phenoxy) is 1. The molecule has 9 heteroatoms. The molecular weight excluding hydrogens is 348 g/mol. The highest BCUT2D eigenvalue weighted by molar-refractivity contribution is 5.92. The second-order valence-electron chi connectivity index (χ2n) is 6.26. The van der Waals surface area contributed by atoms with Crippen LogP contribution in [0.1, 0.15) is 33.7 Å². The number of fused-ring (bicyclic) bond motifs is 2. The number of aromatic amines is 1. The first-order chi connectivity index (χ1) is 13.3. The van der Waals surface area contributed by atoms with Gasteiger partial charge in [-0.2, -0.15) is 5.10 Å². The van der Waals surface area contributed by atoms with Crippen molar-refractivity contribution in [2.45, 2.75) is 12.5 Å². The maximum absolute atomic E-state index is 13.0. The first kappa shape index (κ1) is 15.6. The standard InChI is InChI=1S/C18H16N6O3/c1-26-14-3-2-5-24-13(14)7-12(22-24)17-16-11(20-9-21-16)4-6-23(17)18(25)15-8-19-10-27-15/h2-3,5,7-10,17H,4,6H2,1H3,(H,20,21). The van der Waals surface area contributed by atoms with Crippen molar-refractivity contribution in [3.63, 3.8) is 0 Å². The molecule has 5 heterocycles. The Kier molecular flexibility index (Phi) is 3.46. The Balaban J connectivity index is 1.65. The Morgan fingerprint density at radius 3 is 3.19 bits per heavy atom. The molecular formula is C18H16N6O3. The van der Waals surface area contributed by atoms with Gasteiger partial charge in [-0.3, -0.25) is 4.79 Å². The van der Waals surface area contributed by atoms with Crippen LogP contribution >= 0.6 is 0 Å². The number of aromatic nitrogens is 5. The van der Waals surface area contributed by atoms with Gasteiger partial charge in [0.25, 0.3) is 5.91 Å². The number of pyridine rings is 1. The van der Waals surface area contributed by atoms with Crippen LogP contribution in [0, 0.1) is 0 Å². The summed E-state index contributed by atoms with van der Waals surface area (Å²) in [4.78, 5) is 26.2. The molecule has 1 atom stereocenters. The van der Waals surface area contributed by atoms with Gasteiger partial charge < -0.3 is 19.0 Å². The molecule has 0 saturated heterocycles. The van der Waals surface area contributed by atoms with Gasteiger partial charge in [-0.05, 0) is 18.2 Å². The Morgan fingerprint density at radius 2 is 2.37 bits per heavy atom. The van der Waals surface area contributed by atoms with Crippen molar-refractivity contribution >= 4 is 11.4 Å². The fourth-order valence-electron chi connectivity index (χ4n) is 3.57. The van der Waals surface area contributed by atoms with E-state index < -0.39 is 6.04 Å². The predicted molar refractivity (Wildman–Crippen MR) is 93.4 cm³/mol. The summed E-state index contributed by atoms with van der Waals surface area (Å²) < 4.78 is 12.4. The topological polar surface area (TPSA) is 102 Å². The third-order valence-corrected chi connectivity index (χ3v) is 4.81. The first-order valence-electron chi connectivity index (χ1n) is 8.50. The molecule has 4 aromatic rings. The molecule has 1 aliphatic rings. The summed E-state index contributed by atoms with van der Waals surface area (Å²) in [6.07, 6.45) is 6.85. The molecule has 9 nitrogen and oxygen atoms in total. The van der Waals surface area contributed by atoms with Crippen LogP contribution in [-0.2, 0) is 6.42 Å². The molecule has 4 aromatic heterocycles. The zero-order chi connectivity index (χ0) is 18.4. The average molecular weight is 364 g/mol. The lowest BCUT2D eigenvalue weighted by Crippen LogP contribution is -2.40. The highest BCUT2D eigenvalue weighted by atomic mass is 16.5. The molecule has 136 valence electrons. The van der Waals surface area contributed by atoms with E-state index in [2.05, 4.69) is 20.1 Å². The van der Waals surface area contributed by atoms with Gasteiger partial charge in [0.2, 0.25) is 5.76 Å². The number of rotatable bonds is 3. The van der Waals surface area contributed by atoms with Gasteiger partial charge in [0.15, 0.2) is 6.39 Å². The molecule has 0 aromatic carbocycles. The van der Waals surface area contributed by atoms with Crippen molar-refractivity contribution in [2.24, 2.45) is 0 Å². The van der Waals surface area contributed by atoms with Crippen LogP contribution < -0.4 is 4.74 Å². The normalized spacial score (nSPS) is 16.5. The largest absolute Gasteiger partial charge is 0.494 e. The minimum Gasteiger partial charge on any atom is -0.494 e. The molecule has 1 N–H and O–H groups in total. The Morgan fingerprint density at radius 1 is 1.44 bits per heavy atom. The minimum atomic E-state index is -0.429. The monoisotopic (exact) mass is 364 g/mol. The van der Waals surface area contributed by atoms with E-state index in [-0.39, 0.29) is 11.7 Å². The molecule has 0 fully saturated rings. The van der Waals surface area contributed by atoms with E-state index >= 15 is 0 Å². The van der Waals surface area contributed by atoms with Crippen LogP contribution in [0.25, 0.3) is 5.52 Å². The highest BCUT2D eigenvalue weighted by Gasteiger charge is 2.37. The molecule has 27 heavy (non-hydrogen) atoms. The average Bonchev–Trinajstić information content (AvgIpc) is 3.45. The van der Waals surface area contributed by atoms with Crippen LogP contribution in [0.5, 0.6) is 5.75 Å². The molecule has 1 amide bonds. The molecule has 0 aliphatic carbocycles. The smallest absolute Gasteiger partial charge is 0.292 e. The molecule has 0 saturated carbocycles. The van der Waals surface area contributed by atoms with Gasteiger partial charge in [-0.15, -0.1) is 0 Å². The first-order valence-corrected chi connectivity index (χ1v) is 8.50. The maximum atomic E-state index is 13.0. The molecule has 0 radical (unpaired) electrons. The fraction of sp³-hybridized carbons (Fsp3) is 0.222. The van der Waals surface area contributed by atoms with Crippen LogP contribution in [0.2, 0.25) is 0 Å². The second kappa shape index (κ2) is 5.97. The highest BCUT2D eigenvalue weighted by Crippen LogP contribution is 2.35. The van der Waals surface area contributed by atoms with Gasteiger partial charge in [-0.1, -0.05) is 0 Å². The number of amides is 1. The zero-order valence-electron chi connectivity index (χ0n) is 14.5.